The summed E-state index contributed by atoms with van der Waals surface area (Å²) in [7, 11) is 0. The largest absolute Gasteiger partial charge is 0.494 e. The number of nitrogens with one attached hydrogen (secondary N) is 2. The number of amides is 1. The van der Waals surface area contributed by atoms with Crippen molar-refractivity contribution in [1.82, 2.24) is 10.9 Å². The van der Waals surface area contributed by atoms with Crippen molar-refractivity contribution in [3.8, 4) is 5.75 Å². The summed E-state index contributed by atoms with van der Waals surface area (Å²) in [4.78, 5) is 21.1. The van der Waals surface area contributed by atoms with Gasteiger partial charge in [0.2, 0.25) is 5.90 Å². The number of aliphatic hydroxyl groups is 1. The molecule has 1 aliphatic heterocycles. The van der Waals surface area contributed by atoms with Crippen LogP contribution in [-0.2, 0) is 28.7 Å². The first-order valence-corrected chi connectivity index (χ1v) is 12.6. The van der Waals surface area contributed by atoms with Crippen LogP contribution in [0.3, 0.4) is 0 Å². The Kier molecular flexibility index (Phi) is 9.45. The van der Waals surface area contributed by atoms with Gasteiger partial charge in [0.1, 0.15) is 12.4 Å². The van der Waals surface area contributed by atoms with Gasteiger partial charge in [-0.15, -0.1) is 0 Å². The van der Waals surface area contributed by atoms with Gasteiger partial charge in [-0.25, -0.2) is 10.4 Å². The van der Waals surface area contributed by atoms with Crippen molar-refractivity contribution in [2.24, 2.45) is 10.1 Å². The van der Waals surface area contributed by atoms with Gasteiger partial charge in [-0.3, -0.25) is 10.2 Å². The fourth-order valence-corrected chi connectivity index (χ4v) is 4.11. The van der Waals surface area contributed by atoms with Crippen molar-refractivity contribution in [1.29, 1.82) is 0 Å². The van der Waals surface area contributed by atoms with Crippen molar-refractivity contribution in [3.63, 3.8) is 0 Å². The van der Waals surface area contributed by atoms with E-state index >= 15 is 0 Å². The predicted octanol–water partition coefficient (Wildman–Crippen LogP) is 4.99. The standard InChI is InChI=1S/C28H27F3N6O4/c29-28(30,31)22-10-6-19(7-11-22)17-33-36-26(39)27(16-21-4-1-2-5-24(21)35-37-32)18-41-25(34-27)20-8-12-23(13-9-20)40-15-3-14-38/h1-2,4-13,33,38H,3,14-18H2,(H,36,39)/t27-/m0/s1. The van der Waals surface area contributed by atoms with Crippen LogP contribution in [-0.4, -0.2) is 42.3 Å². The lowest BCUT2D eigenvalue weighted by molar-refractivity contribution is -0.137. The summed E-state index contributed by atoms with van der Waals surface area (Å²) < 4.78 is 50.0. The molecule has 3 N–H and O–H groups in total. The predicted molar refractivity (Wildman–Crippen MR) is 144 cm³/mol. The zero-order valence-corrected chi connectivity index (χ0v) is 21.8. The maximum absolute atomic E-state index is 13.5. The smallest absolute Gasteiger partial charge is 0.416 e. The minimum atomic E-state index is -4.44. The van der Waals surface area contributed by atoms with Gasteiger partial charge in [0.05, 0.1) is 12.2 Å². The Morgan fingerprint density at radius 1 is 1.12 bits per heavy atom. The van der Waals surface area contributed by atoms with Gasteiger partial charge >= 0.3 is 6.18 Å². The zero-order valence-electron chi connectivity index (χ0n) is 21.8. The molecule has 1 atom stereocenters. The molecule has 0 fully saturated rings. The minimum absolute atomic E-state index is 0.0227. The quantitative estimate of drug-likeness (QED) is 0.0929. The second kappa shape index (κ2) is 13.2. The SMILES string of the molecule is [N-]=[N+]=Nc1ccccc1C[C@@]1(C(=O)NNCc2ccc(C(F)(F)F)cc2)COC(c2ccc(OCCCO)cc2)=N1. The van der Waals surface area contributed by atoms with Crippen molar-refractivity contribution >= 4 is 17.5 Å². The van der Waals surface area contributed by atoms with E-state index in [0.717, 1.165) is 12.1 Å². The highest BCUT2D eigenvalue weighted by atomic mass is 19.4. The van der Waals surface area contributed by atoms with Gasteiger partial charge in [0.15, 0.2) is 5.54 Å². The van der Waals surface area contributed by atoms with Crippen molar-refractivity contribution < 1.29 is 32.5 Å². The van der Waals surface area contributed by atoms with Crippen molar-refractivity contribution in [2.75, 3.05) is 19.8 Å². The van der Waals surface area contributed by atoms with Crippen LogP contribution in [0.5, 0.6) is 5.75 Å². The van der Waals surface area contributed by atoms with E-state index in [1.165, 1.54) is 12.1 Å². The van der Waals surface area contributed by atoms with Crippen molar-refractivity contribution in [2.45, 2.75) is 31.1 Å². The van der Waals surface area contributed by atoms with Gasteiger partial charge in [-0.1, -0.05) is 41.5 Å². The van der Waals surface area contributed by atoms with Crippen LogP contribution >= 0.6 is 0 Å². The van der Waals surface area contributed by atoms with E-state index in [-0.39, 0.29) is 32.1 Å². The van der Waals surface area contributed by atoms with Gasteiger partial charge in [-0.05, 0) is 53.1 Å². The summed E-state index contributed by atoms with van der Waals surface area (Å²) in [6.07, 6.45) is -3.90. The Morgan fingerprint density at radius 3 is 2.54 bits per heavy atom. The van der Waals surface area contributed by atoms with Gasteiger partial charge in [-0.2, -0.15) is 13.2 Å². The van der Waals surface area contributed by atoms with Gasteiger partial charge < -0.3 is 14.6 Å². The molecule has 13 heteroatoms. The van der Waals surface area contributed by atoms with Crippen LogP contribution in [0.15, 0.2) is 82.9 Å². The number of alkyl halides is 3. The summed E-state index contributed by atoms with van der Waals surface area (Å²) in [5.74, 6) is 0.283. The number of nitrogens with zero attached hydrogens (tertiary/aromatic N) is 4. The number of hydrogen-bond acceptors (Lipinski definition) is 7. The second-order valence-electron chi connectivity index (χ2n) is 9.18. The number of carbonyl (C=O) groups is 1. The first kappa shape index (κ1) is 29.4. The minimum Gasteiger partial charge on any atom is -0.494 e. The van der Waals surface area contributed by atoms with E-state index in [1.54, 1.807) is 48.5 Å². The average Bonchev–Trinajstić information content (AvgIpc) is 3.40. The van der Waals surface area contributed by atoms with E-state index in [4.69, 9.17) is 20.1 Å². The maximum atomic E-state index is 13.5. The van der Waals surface area contributed by atoms with Crippen LogP contribution in [0.25, 0.3) is 10.4 Å². The van der Waals surface area contributed by atoms with Crippen LogP contribution in [0.2, 0.25) is 0 Å². The highest BCUT2D eigenvalue weighted by molar-refractivity contribution is 6.00. The number of aliphatic hydroxyl groups excluding tert-OH is 1. The molecule has 214 valence electrons. The zero-order chi connectivity index (χ0) is 29.3. The monoisotopic (exact) mass is 568 g/mol. The molecule has 1 heterocycles. The van der Waals surface area contributed by atoms with Crippen LogP contribution < -0.4 is 15.6 Å². The molecule has 4 rings (SSSR count). The Labute approximate surface area is 233 Å². The first-order valence-electron chi connectivity index (χ1n) is 12.6. The number of aliphatic imine (C=N–C) groups is 1. The molecule has 3 aromatic rings. The fourth-order valence-electron chi connectivity index (χ4n) is 4.11. The van der Waals surface area contributed by atoms with E-state index < -0.39 is 23.2 Å². The Bertz CT molecular complexity index is 1420. The molecule has 0 aliphatic carbocycles. The number of benzene rings is 3. The third-order valence-electron chi connectivity index (χ3n) is 6.26. The number of hydrazine groups is 1. The summed E-state index contributed by atoms with van der Waals surface area (Å²) in [5, 5.41) is 12.6. The lowest BCUT2D eigenvalue weighted by Gasteiger charge is -2.24. The number of carbonyl (C=O) groups excluding carboxylic acids is 1. The molecule has 0 aromatic heterocycles. The van der Waals surface area contributed by atoms with E-state index in [9.17, 15) is 18.0 Å². The Balaban J connectivity index is 1.54. The second-order valence-corrected chi connectivity index (χ2v) is 9.18. The summed E-state index contributed by atoms with van der Waals surface area (Å²) in [6, 6.07) is 18.3. The van der Waals surface area contributed by atoms with Gasteiger partial charge in [0.25, 0.3) is 5.91 Å². The number of rotatable bonds is 12. The van der Waals surface area contributed by atoms with Crippen LogP contribution in [0.4, 0.5) is 18.9 Å². The van der Waals surface area contributed by atoms with E-state index in [2.05, 4.69) is 25.9 Å². The normalized spacial score (nSPS) is 16.3. The lowest BCUT2D eigenvalue weighted by atomic mass is 9.91. The molecule has 0 saturated heterocycles. The molecule has 0 bridgehead atoms. The number of halogens is 3. The molecular formula is C28H27F3N6O4. The summed E-state index contributed by atoms with van der Waals surface area (Å²) in [6.45, 7) is 0.329. The molecule has 0 spiro atoms. The fraction of sp³-hybridized carbons (Fsp3) is 0.286. The molecular weight excluding hydrogens is 541 g/mol. The first-order chi connectivity index (χ1) is 19.7. The highest BCUT2D eigenvalue weighted by Gasteiger charge is 2.45. The van der Waals surface area contributed by atoms with Crippen LogP contribution in [0, 0.1) is 0 Å². The Morgan fingerprint density at radius 2 is 1.85 bits per heavy atom. The van der Waals surface area contributed by atoms with E-state index in [1.807, 2.05) is 0 Å². The summed E-state index contributed by atoms with van der Waals surface area (Å²) in [5.41, 5.74) is 14.2. The molecule has 3 aromatic carbocycles. The van der Waals surface area contributed by atoms with Gasteiger partial charge in [0, 0.05) is 42.2 Å². The topological polar surface area (TPSA) is 141 Å². The number of ether oxygens (including phenoxy) is 2. The molecule has 10 nitrogen and oxygen atoms in total. The molecule has 0 saturated carbocycles. The molecule has 1 aliphatic rings. The average molecular weight is 569 g/mol. The summed E-state index contributed by atoms with van der Waals surface area (Å²) >= 11 is 0. The van der Waals surface area contributed by atoms with Crippen molar-refractivity contribution in [3.05, 3.63) is 105 Å². The maximum Gasteiger partial charge on any atom is 0.416 e. The molecule has 41 heavy (non-hydrogen) atoms. The third kappa shape index (κ3) is 7.54. The highest BCUT2D eigenvalue weighted by Crippen LogP contribution is 2.31. The molecule has 0 unspecified atom stereocenters. The number of azide groups is 1. The molecule has 1 amide bonds. The number of hydrogen-bond donors (Lipinski definition) is 3. The van der Waals surface area contributed by atoms with Crippen LogP contribution in [0.1, 0.15) is 28.7 Å². The Hall–Kier alpha value is -4.58. The third-order valence-corrected chi connectivity index (χ3v) is 6.26. The van der Waals surface area contributed by atoms with E-state index in [0.29, 0.717) is 41.2 Å². The lowest BCUT2D eigenvalue weighted by Crippen LogP contribution is -2.52. The molecule has 0 radical (unpaired) electrons.